The molecule has 0 bridgehead atoms. The average molecular weight is 238 g/mol. The van der Waals surface area contributed by atoms with Crippen molar-refractivity contribution in [1.82, 2.24) is 0 Å². The molecule has 1 aliphatic rings. The molecule has 18 heavy (non-hydrogen) atoms. The number of carbonyl (C=O) groups is 2. The van der Waals surface area contributed by atoms with E-state index < -0.39 is 0 Å². The molecule has 0 aromatic heterocycles. The van der Waals surface area contributed by atoms with Gasteiger partial charge in [0.1, 0.15) is 5.78 Å². The molecule has 0 spiro atoms. The molecule has 0 N–H and O–H groups in total. The fourth-order valence-corrected chi connectivity index (χ4v) is 2.70. The highest BCUT2D eigenvalue weighted by Crippen LogP contribution is 2.28. The molecule has 2 aromatic carbocycles. The maximum absolute atomic E-state index is 12.5. The van der Waals surface area contributed by atoms with Crippen LogP contribution >= 0.6 is 0 Å². The number of hydrogen-bond acceptors (Lipinski definition) is 2. The van der Waals surface area contributed by atoms with E-state index in [1.54, 1.807) is 0 Å². The van der Waals surface area contributed by atoms with Crippen LogP contribution in [0.15, 0.2) is 42.5 Å². The van der Waals surface area contributed by atoms with Crippen molar-refractivity contribution in [3.63, 3.8) is 0 Å². The largest absolute Gasteiger partial charge is 0.300 e. The van der Waals surface area contributed by atoms with Gasteiger partial charge in [-0.3, -0.25) is 9.59 Å². The average Bonchev–Trinajstić information content (AvgIpc) is 2.84. The molecule has 0 amide bonds. The second-order valence-corrected chi connectivity index (χ2v) is 4.87. The lowest BCUT2D eigenvalue weighted by atomic mass is 9.92. The lowest BCUT2D eigenvalue weighted by Crippen LogP contribution is -2.12. The predicted octanol–water partition coefficient (Wildman–Crippen LogP) is 3.39. The molecule has 2 nitrogen and oxygen atoms in total. The van der Waals surface area contributed by atoms with E-state index in [-0.39, 0.29) is 17.5 Å². The molecule has 1 atom stereocenters. The predicted molar refractivity (Wildman–Crippen MR) is 70.6 cm³/mol. The van der Waals surface area contributed by atoms with Crippen molar-refractivity contribution < 1.29 is 9.59 Å². The highest BCUT2D eigenvalue weighted by atomic mass is 16.1. The molecular weight excluding hydrogens is 224 g/mol. The van der Waals surface area contributed by atoms with E-state index in [1.807, 2.05) is 42.5 Å². The number of rotatable bonds is 2. The molecule has 90 valence electrons. The maximum atomic E-state index is 12.5. The van der Waals surface area contributed by atoms with Gasteiger partial charge in [-0.1, -0.05) is 42.5 Å². The minimum absolute atomic E-state index is 0.108. The Bertz CT molecular complexity index is 623. The van der Waals surface area contributed by atoms with Gasteiger partial charge in [-0.25, -0.2) is 0 Å². The van der Waals surface area contributed by atoms with Gasteiger partial charge in [-0.2, -0.15) is 0 Å². The summed E-state index contributed by atoms with van der Waals surface area (Å²) in [6.07, 6.45) is 1.68. The Labute approximate surface area is 106 Å². The molecule has 2 aromatic rings. The Morgan fingerprint density at radius 3 is 2.61 bits per heavy atom. The first kappa shape index (κ1) is 11.1. The van der Waals surface area contributed by atoms with Crippen LogP contribution in [0.4, 0.5) is 0 Å². The molecule has 1 aliphatic carbocycles. The third-order valence-corrected chi connectivity index (χ3v) is 3.67. The molecule has 1 saturated carbocycles. The zero-order valence-corrected chi connectivity index (χ0v) is 10.1. The normalized spacial score (nSPS) is 19.3. The van der Waals surface area contributed by atoms with Crippen molar-refractivity contribution in [2.75, 3.05) is 0 Å². The Balaban J connectivity index is 2.04. The standard InChI is InChI=1S/C16H14O2/c17-13-9-8-12(10-13)16(18)15-7-3-5-11-4-1-2-6-14(11)15/h1-7,12H,8-10H2. The second-order valence-electron chi connectivity index (χ2n) is 4.87. The molecule has 0 radical (unpaired) electrons. The Hall–Kier alpha value is -1.96. The minimum atomic E-state index is -0.108. The van der Waals surface area contributed by atoms with E-state index in [9.17, 15) is 9.59 Å². The quantitative estimate of drug-likeness (QED) is 0.751. The van der Waals surface area contributed by atoms with Gasteiger partial charge in [0.25, 0.3) is 0 Å². The number of benzene rings is 2. The second kappa shape index (κ2) is 4.37. The van der Waals surface area contributed by atoms with Crippen molar-refractivity contribution >= 4 is 22.3 Å². The van der Waals surface area contributed by atoms with Crippen molar-refractivity contribution in [1.29, 1.82) is 0 Å². The van der Waals surface area contributed by atoms with Gasteiger partial charge in [0.15, 0.2) is 5.78 Å². The summed E-state index contributed by atoms with van der Waals surface area (Å²) in [6.45, 7) is 0. The third kappa shape index (κ3) is 1.84. The summed E-state index contributed by atoms with van der Waals surface area (Å²) in [5.74, 6) is 0.231. The van der Waals surface area contributed by atoms with Crippen LogP contribution in [0.1, 0.15) is 29.6 Å². The van der Waals surface area contributed by atoms with E-state index in [2.05, 4.69) is 0 Å². The molecule has 0 saturated heterocycles. The zero-order chi connectivity index (χ0) is 12.5. The number of Topliss-reactive ketones (excluding diaryl/α,β-unsaturated/α-hetero) is 2. The summed E-state index contributed by atoms with van der Waals surface area (Å²) in [6, 6.07) is 13.7. The molecule has 3 rings (SSSR count). The van der Waals surface area contributed by atoms with Crippen LogP contribution < -0.4 is 0 Å². The van der Waals surface area contributed by atoms with Crippen LogP contribution in [-0.2, 0) is 4.79 Å². The van der Waals surface area contributed by atoms with E-state index in [4.69, 9.17) is 0 Å². The highest BCUT2D eigenvalue weighted by molar-refractivity contribution is 6.10. The van der Waals surface area contributed by atoms with Gasteiger partial charge in [0.05, 0.1) is 0 Å². The van der Waals surface area contributed by atoms with Gasteiger partial charge in [0, 0.05) is 24.3 Å². The van der Waals surface area contributed by atoms with E-state index in [1.165, 1.54) is 0 Å². The van der Waals surface area contributed by atoms with Crippen molar-refractivity contribution in [3.05, 3.63) is 48.0 Å². The van der Waals surface area contributed by atoms with Crippen LogP contribution in [0.3, 0.4) is 0 Å². The van der Waals surface area contributed by atoms with Crippen LogP contribution in [0, 0.1) is 5.92 Å². The Morgan fingerprint density at radius 1 is 1.06 bits per heavy atom. The molecule has 0 aliphatic heterocycles. The number of fused-ring (bicyclic) bond motifs is 1. The Kier molecular flexibility index (Phi) is 2.71. The summed E-state index contributed by atoms with van der Waals surface area (Å²) < 4.78 is 0. The lowest BCUT2D eigenvalue weighted by molar-refractivity contribution is -0.117. The first-order chi connectivity index (χ1) is 8.75. The van der Waals surface area contributed by atoms with Gasteiger partial charge in [0.2, 0.25) is 0 Å². The molecule has 1 unspecified atom stereocenters. The van der Waals surface area contributed by atoms with Gasteiger partial charge in [-0.05, 0) is 17.2 Å². The van der Waals surface area contributed by atoms with Crippen LogP contribution in [0.25, 0.3) is 10.8 Å². The first-order valence-corrected chi connectivity index (χ1v) is 6.29. The van der Waals surface area contributed by atoms with Crippen LogP contribution in [0.2, 0.25) is 0 Å². The lowest BCUT2D eigenvalue weighted by Gasteiger charge is -2.09. The van der Waals surface area contributed by atoms with Crippen molar-refractivity contribution in [2.45, 2.75) is 19.3 Å². The number of carbonyl (C=O) groups excluding carboxylic acids is 2. The fourth-order valence-electron chi connectivity index (χ4n) is 2.70. The summed E-state index contributed by atoms with van der Waals surface area (Å²) in [4.78, 5) is 23.8. The van der Waals surface area contributed by atoms with Crippen LogP contribution in [-0.4, -0.2) is 11.6 Å². The van der Waals surface area contributed by atoms with Gasteiger partial charge < -0.3 is 0 Å². The summed E-state index contributed by atoms with van der Waals surface area (Å²) in [7, 11) is 0. The van der Waals surface area contributed by atoms with Crippen molar-refractivity contribution in [3.8, 4) is 0 Å². The smallest absolute Gasteiger partial charge is 0.167 e. The zero-order valence-electron chi connectivity index (χ0n) is 10.1. The third-order valence-electron chi connectivity index (χ3n) is 3.67. The molecule has 0 heterocycles. The molecular formula is C16H14O2. The summed E-state index contributed by atoms with van der Waals surface area (Å²) in [5, 5.41) is 2.07. The summed E-state index contributed by atoms with van der Waals surface area (Å²) >= 11 is 0. The topological polar surface area (TPSA) is 34.1 Å². The van der Waals surface area contributed by atoms with E-state index in [0.717, 1.165) is 16.3 Å². The SMILES string of the molecule is O=C1CCC(C(=O)c2cccc3ccccc23)C1. The Morgan fingerprint density at radius 2 is 1.83 bits per heavy atom. The van der Waals surface area contributed by atoms with Crippen LogP contribution in [0.5, 0.6) is 0 Å². The summed E-state index contributed by atoms with van der Waals surface area (Å²) in [5.41, 5.74) is 0.757. The molecule has 1 fully saturated rings. The highest BCUT2D eigenvalue weighted by Gasteiger charge is 2.29. The molecule has 2 heteroatoms. The van der Waals surface area contributed by atoms with E-state index >= 15 is 0 Å². The van der Waals surface area contributed by atoms with Gasteiger partial charge in [-0.15, -0.1) is 0 Å². The fraction of sp³-hybridized carbons (Fsp3) is 0.250. The first-order valence-electron chi connectivity index (χ1n) is 6.29. The van der Waals surface area contributed by atoms with Crippen molar-refractivity contribution in [2.24, 2.45) is 5.92 Å². The monoisotopic (exact) mass is 238 g/mol. The number of hydrogen-bond donors (Lipinski definition) is 0. The number of ketones is 2. The minimum Gasteiger partial charge on any atom is -0.300 e. The van der Waals surface area contributed by atoms with E-state index in [0.29, 0.717) is 19.3 Å². The maximum Gasteiger partial charge on any atom is 0.167 e. The van der Waals surface area contributed by atoms with Gasteiger partial charge >= 0.3 is 0 Å².